The Balaban J connectivity index is 1.62. The second-order valence-electron chi connectivity index (χ2n) is 7.76. The number of hydrogen-bond donors (Lipinski definition) is 2. The van der Waals surface area contributed by atoms with E-state index in [4.69, 9.17) is 13.7 Å². The molecule has 5 rings (SSSR count). The van der Waals surface area contributed by atoms with E-state index in [2.05, 4.69) is 25.8 Å². The van der Waals surface area contributed by atoms with Crippen LogP contribution in [0.2, 0.25) is 0 Å². The first kappa shape index (κ1) is 22.1. The number of aryl methyl sites for hydroxylation is 1. The lowest BCUT2D eigenvalue weighted by Crippen LogP contribution is -2.35. The third-order valence-corrected chi connectivity index (χ3v) is 5.42. The van der Waals surface area contributed by atoms with Crippen molar-refractivity contribution in [3.8, 4) is 11.5 Å². The average molecular weight is 471 g/mol. The fourth-order valence-corrected chi connectivity index (χ4v) is 3.84. The van der Waals surface area contributed by atoms with Gasteiger partial charge in [0.1, 0.15) is 17.1 Å². The molecule has 0 spiro atoms. The van der Waals surface area contributed by atoms with Crippen molar-refractivity contribution >= 4 is 40.2 Å². The predicted molar refractivity (Wildman–Crippen MR) is 128 cm³/mol. The quantitative estimate of drug-likeness (QED) is 0.416. The molecular formula is C25H21N5O5. The van der Waals surface area contributed by atoms with Gasteiger partial charge in [0.25, 0.3) is 11.6 Å². The lowest BCUT2D eigenvalue weighted by molar-refractivity contribution is -0.137. The van der Waals surface area contributed by atoms with Gasteiger partial charge in [-0.25, -0.2) is 14.8 Å². The maximum Gasteiger partial charge on any atom is 0.343 e. The molecule has 176 valence electrons. The molecule has 1 aliphatic heterocycles. The first-order valence-corrected chi connectivity index (χ1v) is 10.9. The number of nitrogens with one attached hydrogen (secondary N) is 2. The van der Waals surface area contributed by atoms with E-state index in [0.717, 1.165) is 0 Å². The highest BCUT2D eigenvalue weighted by Gasteiger charge is 2.28. The number of fused-ring (bicyclic) bond motifs is 2. The molecule has 1 amide bonds. The van der Waals surface area contributed by atoms with E-state index < -0.39 is 11.9 Å². The number of pyridine rings is 1. The molecule has 35 heavy (non-hydrogen) atoms. The van der Waals surface area contributed by atoms with Gasteiger partial charge in [-0.15, -0.1) is 0 Å². The summed E-state index contributed by atoms with van der Waals surface area (Å²) in [6.45, 7) is 5.32. The smallest absolute Gasteiger partial charge is 0.343 e. The summed E-state index contributed by atoms with van der Waals surface area (Å²) >= 11 is 0. The van der Waals surface area contributed by atoms with Gasteiger partial charge >= 0.3 is 5.97 Å². The Bertz CT molecular complexity index is 1510. The number of allylic oxidation sites excluding steroid dienone is 1. The second-order valence-corrected chi connectivity index (χ2v) is 7.76. The van der Waals surface area contributed by atoms with Crippen LogP contribution >= 0.6 is 0 Å². The summed E-state index contributed by atoms with van der Waals surface area (Å²) in [5.74, 6) is -0.615. The summed E-state index contributed by atoms with van der Waals surface area (Å²) in [7, 11) is 0. The second kappa shape index (κ2) is 8.90. The molecule has 1 aromatic carbocycles. The zero-order chi connectivity index (χ0) is 24.5. The average Bonchev–Trinajstić information content (AvgIpc) is 3.47. The third-order valence-electron chi connectivity index (χ3n) is 5.42. The number of furan rings is 1. The van der Waals surface area contributed by atoms with Gasteiger partial charge in [-0.1, -0.05) is 17.3 Å². The number of aromatic nitrogens is 2. The van der Waals surface area contributed by atoms with Crippen molar-refractivity contribution in [2.75, 3.05) is 11.9 Å². The molecule has 0 aliphatic carbocycles. The van der Waals surface area contributed by atoms with E-state index in [9.17, 15) is 9.59 Å². The molecule has 0 fully saturated rings. The van der Waals surface area contributed by atoms with Crippen molar-refractivity contribution in [3.63, 3.8) is 0 Å². The summed E-state index contributed by atoms with van der Waals surface area (Å²) < 4.78 is 16.0. The summed E-state index contributed by atoms with van der Waals surface area (Å²) in [6.07, 6.45) is 1.51. The molecule has 0 unspecified atom stereocenters. The number of aliphatic imine (C=N–C) groups is 1. The zero-order valence-corrected chi connectivity index (χ0v) is 19.2. The summed E-state index contributed by atoms with van der Waals surface area (Å²) in [5, 5.41) is 10.4. The number of benzene rings is 1. The van der Waals surface area contributed by atoms with Crippen LogP contribution in [0.4, 0.5) is 11.4 Å². The number of esters is 1. The van der Waals surface area contributed by atoms with Gasteiger partial charge in [0.05, 0.1) is 40.9 Å². The van der Waals surface area contributed by atoms with E-state index in [0.29, 0.717) is 39.6 Å². The Kier molecular flexibility index (Phi) is 5.61. The number of para-hydroxylation sites is 2. The van der Waals surface area contributed by atoms with E-state index in [1.807, 2.05) is 18.2 Å². The highest BCUT2D eigenvalue weighted by Crippen LogP contribution is 2.31. The fraction of sp³-hybridized carbons (Fsp3) is 0.160. The van der Waals surface area contributed by atoms with Crippen LogP contribution in [0.1, 0.15) is 29.9 Å². The summed E-state index contributed by atoms with van der Waals surface area (Å²) in [5.41, 5.74) is 3.19. The van der Waals surface area contributed by atoms with Crippen LogP contribution in [0.3, 0.4) is 0 Å². The van der Waals surface area contributed by atoms with Crippen molar-refractivity contribution in [2.24, 2.45) is 4.99 Å². The van der Waals surface area contributed by atoms with E-state index >= 15 is 0 Å². The summed E-state index contributed by atoms with van der Waals surface area (Å²) in [4.78, 5) is 35.5. The number of amides is 1. The Labute approximate surface area is 199 Å². The molecule has 10 nitrogen and oxygen atoms in total. The lowest BCUT2D eigenvalue weighted by Gasteiger charge is -2.14. The van der Waals surface area contributed by atoms with Crippen LogP contribution in [-0.4, -0.2) is 34.5 Å². The molecule has 3 aromatic heterocycles. The standard InChI is InChI=1S/C25H21N5O5/c1-4-33-25(32)21-13(2)26-16-8-5-6-9-17(16)27-22(21)29-23(31)15-12-18(19-10-7-11-34-19)28-24-20(15)14(3)30-35-24/h5-12,26H,4H2,1-3H3,(H,27,29,31). The normalized spacial score (nSPS) is 13.1. The number of carbonyl (C=O) groups is 2. The van der Waals surface area contributed by atoms with Crippen molar-refractivity contribution in [1.82, 2.24) is 15.5 Å². The van der Waals surface area contributed by atoms with Crippen molar-refractivity contribution in [2.45, 2.75) is 20.8 Å². The Hall–Kier alpha value is -4.73. The molecular weight excluding hydrogens is 450 g/mol. The number of hydrogen-bond acceptors (Lipinski definition) is 9. The van der Waals surface area contributed by atoms with Crippen molar-refractivity contribution in [1.29, 1.82) is 0 Å². The zero-order valence-electron chi connectivity index (χ0n) is 19.2. The number of nitrogens with zero attached hydrogens (tertiary/aromatic N) is 3. The first-order valence-electron chi connectivity index (χ1n) is 10.9. The molecule has 1 aliphatic rings. The Morgan fingerprint density at radius 2 is 1.97 bits per heavy atom. The SMILES string of the molecule is CCOC(=O)C1=C(C)Nc2ccccc2N=C1NC(=O)c1cc(-c2ccco2)nc2onc(C)c12. The van der Waals surface area contributed by atoms with Crippen LogP contribution in [0, 0.1) is 6.92 Å². The Morgan fingerprint density at radius 1 is 1.14 bits per heavy atom. The minimum atomic E-state index is -0.610. The van der Waals surface area contributed by atoms with Gasteiger partial charge in [0, 0.05) is 5.70 Å². The van der Waals surface area contributed by atoms with Crippen LogP contribution in [0.5, 0.6) is 0 Å². The molecule has 0 bridgehead atoms. The fourth-order valence-electron chi connectivity index (χ4n) is 3.84. The lowest BCUT2D eigenvalue weighted by atomic mass is 10.1. The Morgan fingerprint density at radius 3 is 2.74 bits per heavy atom. The number of rotatable bonds is 4. The van der Waals surface area contributed by atoms with E-state index in [1.165, 1.54) is 6.26 Å². The monoisotopic (exact) mass is 471 g/mol. The summed E-state index contributed by atoms with van der Waals surface area (Å²) in [6, 6.07) is 12.3. The highest BCUT2D eigenvalue weighted by molar-refractivity contribution is 6.26. The topological polar surface area (TPSA) is 132 Å². The molecule has 2 N–H and O–H groups in total. The van der Waals surface area contributed by atoms with Gasteiger partial charge in [0.15, 0.2) is 5.76 Å². The van der Waals surface area contributed by atoms with Gasteiger partial charge in [-0.05, 0) is 51.1 Å². The van der Waals surface area contributed by atoms with Crippen LogP contribution < -0.4 is 10.6 Å². The van der Waals surface area contributed by atoms with Gasteiger partial charge in [0.2, 0.25) is 0 Å². The molecule has 0 radical (unpaired) electrons. The predicted octanol–water partition coefficient (Wildman–Crippen LogP) is 4.51. The van der Waals surface area contributed by atoms with Crippen molar-refractivity contribution in [3.05, 3.63) is 71.3 Å². The number of amidine groups is 1. The molecule has 4 aromatic rings. The minimum absolute atomic E-state index is 0.0574. The maximum atomic E-state index is 13.6. The molecule has 0 saturated carbocycles. The van der Waals surface area contributed by atoms with Crippen LogP contribution in [-0.2, 0) is 9.53 Å². The number of anilines is 1. The molecule has 0 atom stereocenters. The number of ether oxygens (including phenoxy) is 1. The minimum Gasteiger partial charge on any atom is -0.463 e. The maximum absolute atomic E-state index is 13.6. The highest BCUT2D eigenvalue weighted by atomic mass is 16.5. The van der Waals surface area contributed by atoms with Crippen LogP contribution in [0.15, 0.2) is 73.9 Å². The van der Waals surface area contributed by atoms with Crippen molar-refractivity contribution < 1.29 is 23.3 Å². The molecule has 0 saturated heterocycles. The van der Waals surface area contributed by atoms with E-state index in [-0.39, 0.29) is 29.3 Å². The largest absolute Gasteiger partial charge is 0.463 e. The van der Waals surface area contributed by atoms with Gasteiger partial charge in [-0.3, -0.25) is 4.79 Å². The number of carbonyl (C=O) groups excluding carboxylic acids is 2. The van der Waals surface area contributed by atoms with E-state index in [1.54, 1.807) is 45.0 Å². The van der Waals surface area contributed by atoms with Crippen LogP contribution in [0.25, 0.3) is 22.6 Å². The third kappa shape index (κ3) is 4.05. The van der Waals surface area contributed by atoms with Gasteiger partial charge < -0.3 is 24.3 Å². The van der Waals surface area contributed by atoms with Gasteiger partial charge in [-0.2, -0.15) is 0 Å². The molecule has 4 heterocycles. The first-order chi connectivity index (χ1) is 17.0. The molecule has 10 heteroatoms.